The summed E-state index contributed by atoms with van der Waals surface area (Å²) in [6, 6.07) is 7.36. The fraction of sp³-hybridized carbons (Fsp3) is 0.114. The van der Waals surface area contributed by atoms with Crippen molar-refractivity contribution in [3.63, 3.8) is 0 Å². The van der Waals surface area contributed by atoms with Crippen molar-refractivity contribution in [2.24, 2.45) is 0 Å². The molecule has 0 spiro atoms. The molecule has 0 aliphatic heterocycles. The fourth-order valence-electron chi connectivity index (χ4n) is 6.09. The molecule has 0 heterocycles. The lowest BCUT2D eigenvalue weighted by Gasteiger charge is -2.44. The molecule has 0 atom stereocenters. The molecular formula is C35H15BF20O2S. The van der Waals surface area contributed by atoms with E-state index in [4.69, 9.17) is 4.74 Å². The Labute approximate surface area is 319 Å². The Morgan fingerprint density at radius 3 is 0.864 bits per heavy atom. The van der Waals surface area contributed by atoms with Gasteiger partial charge in [-0.15, -0.1) is 21.9 Å². The summed E-state index contributed by atoms with van der Waals surface area (Å²) in [6.45, 7) is 0. The van der Waals surface area contributed by atoms with Gasteiger partial charge in [0, 0.05) is 0 Å². The minimum absolute atomic E-state index is 0.139. The predicted octanol–water partition coefficient (Wildman–Crippen LogP) is 7.60. The first kappa shape index (κ1) is 46.3. The summed E-state index contributed by atoms with van der Waals surface area (Å²) in [4.78, 5) is 11.8. The van der Waals surface area contributed by atoms with E-state index >= 15 is 35.1 Å². The van der Waals surface area contributed by atoms with Crippen LogP contribution in [0.5, 0.6) is 5.75 Å². The number of halogens is 20. The first-order chi connectivity index (χ1) is 27.3. The van der Waals surface area contributed by atoms with Crippen molar-refractivity contribution in [3.05, 3.63) is 146 Å². The molecule has 0 saturated heterocycles. The number of hydrogen-bond acceptors (Lipinski definition) is 2. The van der Waals surface area contributed by atoms with Gasteiger partial charge in [-0.3, -0.25) is 4.79 Å². The molecular weight excluding hydrogens is 875 g/mol. The Bertz CT molecular complexity index is 2150. The van der Waals surface area contributed by atoms with Crippen molar-refractivity contribution < 1.29 is 97.3 Å². The Morgan fingerprint density at radius 1 is 0.424 bits per heavy atom. The van der Waals surface area contributed by atoms with Gasteiger partial charge in [0.25, 0.3) is 0 Å². The molecule has 5 aromatic rings. The molecule has 0 fully saturated rings. The Morgan fingerprint density at radius 2 is 0.644 bits per heavy atom. The lowest BCUT2D eigenvalue weighted by Crippen LogP contribution is -2.81. The molecule has 59 heavy (non-hydrogen) atoms. The first-order valence-corrected chi connectivity index (χ1v) is 17.5. The zero-order chi connectivity index (χ0) is 44.9. The molecule has 0 saturated carbocycles. The van der Waals surface area contributed by atoms with Crippen molar-refractivity contribution in [2.45, 2.75) is 0 Å². The third-order valence-corrected chi connectivity index (χ3v) is 9.37. The summed E-state index contributed by atoms with van der Waals surface area (Å²) < 4.78 is 299. The molecule has 24 heteroatoms. The first-order valence-electron chi connectivity index (χ1n) is 15.3. The zero-order valence-corrected chi connectivity index (χ0v) is 29.7. The van der Waals surface area contributed by atoms with E-state index in [1.807, 2.05) is 24.3 Å². The van der Waals surface area contributed by atoms with E-state index in [0.29, 0.717) is 17.1 Å². The predicted molar refractivity (Wildman–Crippen MR) is 171 cm³/mol. The average Bonchev–Trinajstić information content (AvgIpc) is 3.20. The van der Waals surface area contributed by atoms with Crippen LogP contribution < -0.4 is 26.6 Å². The minimum atomic E-state index is -7.22. The van der Waals surface area contributed by atoms with Crippen molar-refractivity contribution in [3.8, 4) is 5.75 Å². The van der Waals surface area contributed by atoms with E-state index in [-0.39, 0.29) is 16.7 Å². The smallest absolute Gasteiger partial charge is 0.215 e. The number of carbonyl (C=O) groups excluding carboxylic acids is 1. The van der Waals surface area contributed by atoms with E-state index < -0.39 is 144 Å². The number of para-hydroxylation sites is 1. The van der Waals surface area contributed by atoms with Gasteiger partial charge >= 0.3 is 0 Å². The maximum atomic E-state index is 15.4. The quantitative estimate of drug-likeness (QED) is 0.0401. The van der Waals surface area contributed by atoms with Crippen LogP contribution in [-0.4, -0.2) is 37.3 Å². The lowest BCUT2D eigenvalue weighted by molar-refractivity contribution is 0.101. The van der Waals surface area contributed by atoms with Gasteiger partial charge in [0.2, 0.25) is 5.78 Å². The van der Waals surface area contributed by atoms with Gasteiger partial charge in [0.05, 0.1) is 25.2 Å². The highest BCUT2D eigenvalue weighted by molar-refractivity contribution is 7.96. The van der Waals surface area contributed by atoms with Crippen LogP contribution in [0.25, 0.3) is 0 Å². The Hall–Kier alpha value is -5.42. The van der Waals surface area contributed by atoms with Crippen LogP contribution in [0.1, 0.15) is 10.4 Å². The molecule has 2 nitrogen and oxygen atoms in total. The summed E-state index contributed by atoms with van der Waals surface area (Å²) in [5.41, 5.74) is -13.6. The summed E-state index contributed by atoms with van der Waals surface area (Å²) in [6.07, 6.45) is -3.09. The van der Waals surface area contributed by atoms with Crippen molar-refractivity contribution in [2.75, 3.05) is 25.4 Å². The third kappa shape index (κ3) is 7.32. The van der Waals surface area contributed by atoms with Crippen LogP contribution in [0, 0.1) is 116 Å². The SMILES string of the molecule is COc1ccccc1C(=O)C[S+](C)C.Fc1c(F)c(F)c([B-](c2c(F)c(F)c(F)c(F)c2F)(c2c(F)c(F)c(F)c(F)c2F)c2c(F)c(F)c(F)c(F)c2F)c(F)c1F. The van der Waals surface area contributed by atoms with Crippen LogP contribution in [0.15, 0.2) is 24.3 Å². The topological polar surface area (TPSA) is 26.3 Å². The standard InChI is InChI=1S/C24BF20.C11H15O2S/c26-5-1(6(27)14(35)21(42)13(5)34)25(2-7(28)15(36)22(43)16(37)8(2)29,3-9(30)17(38)23(44)18(39)10(3)31)4-11(32)19(40)24(45)20(41)12(4)33;1-13-11-7-5-4-6-9(11)10(12)8-14(2)3/h;4-7H,8H2,1-3H3/q-1;+1. The van der Waals surface area contributed by atoms with Crippen LogP contribution in [-0.2, 0) is 10.9 Å². The number of carbonyl (C=O) groups is 1. The highest BCUT2D eigenvalue weighted by Crippen LogP contribution is 2.31. The number of benzene rings is 5. The fourth-order valence-corrected chi connectivity index (χ4v) is 6.77. The highest BCUT2D eigenvalue weighted by Gasteiger charge is 2.52. The normalized spacial score (nSPS) is 11.6. The van der Waals surface area contributed by atoms with Gasteiger partial charge in [-0.05, 0) is 23.0 Å². The molecule has 0 aliphatic carbocycles. The molecule has 0 amide bonds. The number of Topliss-reactive ketones (excluding diaryl/α,β-unsaturated/α-hetero) is 1. The van der Waals surface area contributed by atoms with Gasteiger partial charge in [-0.25, -0.2) is 87.8 Å². The van der Waals surface area contributed by atoms with E-state index in [1.54, 1.807) is 7.11 Å². The van der Waals surface area contributed by atoms with Crippen LogP contribution >= 0.6 is 0 Å². The maximum Gasteiger partial charge on any atom is 0.215 e. The van der Waals surface area contributed by atoms with Gasteiger partial charge < -0.3 is 4.74 Å². The maximum absolute atomic E-state index is 15.4. The highest BCUT2D eigenvalue weighted by atomic mass is 32.2. The van der Waals surface area contributed by atoms with E-state index in [9.17, 15) is 57.5 Å². The van der Waals surface area contributed by atoms with Gasteiger partial charge in [0.15, 0.2) is 75.6 Å². The Kier molecular flexibility index (Phi) is 13.4. The second kappa shape index (κ2) is 17.1. The summed E-state index contributed by atoms with van der Waals surface area (Å²) in [7, 11) is 1.73. The van der Waals surface area contributed by atoms with Crippen LogP contribution in [0.4, 0.5) is 87.8 Å². The molecule has 0 radical (unpaired) electrons. The monoisotopic (exact) mass is 890 g/mol. The van der Waals surface area contributed by atoms with Gasteiger partial charge in [-0.2, -0.15) is 0 Å². The summed E-state index contributed by atoms with van der Waals surface area (Å²) in [5, 5.41) is 0. The number of hydrogen-bond donors (Lipinski definition) is 0. The molecule has 0 bridgehead atoms. The molecule has 0 unspecified atom stereocenters. The molecule has 5 aromatic carbocycles. The van der Waals surface area contributed by atoms with Gasteiger partial charge in [-0.1, -0.05) is 12.1 Å². The molecule has 0 N–H and O–H groups in total. The van der Waals surface area contributed by atoms with Crippen molar-refractivity contribution in [1.29, 1.82) is 0 Å². The van der Waals surface area contributed by atoms with E-state index in [1.165, 1.54) is 0 Å². The zero-order valence-electron chi connectivity index (χ0n) is 28.9. The number of ketones is 1. The van der Waals surface area contributed by atoms with Crippen molar-refractivity contribution in [1.82, 2.24) is 0 Å². The van der Waals surface area contributed by atoms with Crippen molar-refractivity contribution >= 4 is 44.7 Å². The van der Waals surface area contributed by atoms with Gasteiger partial charge in [0.1, 0.15) is 58.4 Å². The minimum Gasteiger partial charge on any atom is -0.496 e. The molecule has 316 valence electrons. The Balaban J connectivity index is 0.000000464. The lowest BCUT2D eigenvalue weighted by atomic mass is 9.12. The number of rotatable bonds is 8. The van der Waals surface area contributed by atoms with Crippen LogP contribution in [0.2, 0.25) is 0 Å². The second-order valence-corrected chi connectivity index (χ2v) is 14.3. The molecule has 0 aliphatic rings. The third-order valence-electron chi connectivity index (χ3n) is 8.53. The molecule has 5 rings (SSSR count). The largest absolute Gasteiger partial charge is 0.496 e. The molecule has 0 aromatic heterocycles. The van der Waals surface area contributed by atoms with Crippen LogP contribution in [0.3, 0.4) is 0 Å². The van der Waals surface area contributed by atoms with E-state index in [2.05, 4.69) is 12.5 Å². The van der Waals surface area contributed by atoms with E-state index in [0.717, 1.165) is 0 Å². The summed E-state index contributed by atoms with van der Waals surface area (Å²) in [5.74, 6) is -70.0. The number of methoxy groups -OCH3 is 1. The second-order valence-electron chi connectivity index (χ2n) is 12.1. The average molecular weight is 890 g/mol. The summed E-state index contributed by atoms with van der Waals surface area (Å²) >= 11 is 0. The number of ether oxygens (including phenoxy) is 1.